The average Bonchev–Trinajstić information content (AvgIpc) is 3.23. The summed E-state index contributed by atoms with van der Waals surface area (Å²) in [6.45, 7) is 10.4. The predicted molar refractivity (Wildman–Crippen MR) is 87.1 cm³/mol. The van der Waals surface area contributed by atoms with Crippen molar-refractivity contribution in [3.8, 4) is 0 Å². The van der Waals surface area contributed by atoms with Crippen LogP contribution in [0.15, 0.2) is 4.52 Å². The van der Waals surface area contributed by atoms with Gasteiger partial charge in [-0.25, -0.2) is 0 Å². The van der Waals surface area contributed by atoms with Crippen LogP contribution < -0.4 is 0 Å². The number of hydrogen-bond acceptors (Lipinski definition) is 5. The van der Waals surface area contributed by atoms with Crippen LogP contribution in [0.25, 0.3) is 0 Å². The molecule has 1 N–H and O–H groups in total. The number of rotatable bonds is 4. The quantitative estimate of drug-likeness (QED) is 0.932. The molecule has 0 amide bonds. The normalized spacial score (nSPS) is 19.4. The summed E-state index contributed by atoms with van der Waals surface area (Å²) in [6, 6.07) is 0. The van der Waals surface area contributed by atoms with E-state index < -0.39 is 0 Å². The van der Waals surface area contributed by atoms with E-state index in [1.54, 1.807) is 0 Å². The molecule has 124 valence electrons. The van der Waals surface area contributed by atoms with Gasteiger partial charge < -0.3 is 4.52 Å². The minimum atomic E-state index is 0.951. The van der Waals surface area contributed by atoms with Crippen LogP contribution in [0.1, 0.15) is 40.4 Å². The van der Waals surface area contributed by atoms with Gasteiger partial charge in [0, 0.05) is 50.5 Å². The highest BCUT2D eigenvalue weighted by atomic mass is 16.5. The van der Waals surface area contributed by atoms with Gasteiger partial charge in [0.15, 0.2) is 0 Å². The van der Waals surface area contributed by atoms with Crippen molar-refractivity contribution in [3.05, 3.63) is 34.0 Å². The predicted octanol–water partition coefficient (Wildman–Crippen LogP) is 1.82. The van der Waals surface area contributed by atoms with Gasteiger partial charge in [0.2, 0.25) is 0 Å². The van der Waals surface area contributed by atoms with Gasteiger partial charge in [-0.05, 0) is 38.7 Å². The molecule has 2 aromatic heterocycles. The van der Waals surface area contributed by atoms with Crippen LogP contribution >= 0.6 is 0 Å². The maximum atomic E-state index is 5.27. The van der Waals surface area contributed by atoms with Crippen LogP contribution in [0.5, 0.6) is 0 Å². The number of nitrogens with zero attached hydrogens (tertiary/aromatic N) is 4. The van der Waals surface area contributed by atoms with Gasteiger partial charge in [-0.3, -0.25) is 14.9 Å². The Morgan fingerprint density at radius 3 is 2.48 bits per heavy atom. The van der Waals surface area contributed by atoms with Crippen LogP contribution in [0.4, 0.5) is 0 Å². The van der Waals surface area contributed by atoms with Gasteiger partial charge in [0.25, 0.3) is 0 Å². The Labute approximate surface area is 136 Å². The minimum absolute atomic E-state index is 0.951. The Bertz CT molecular complexity index is 662. The van der Waals surface area contributed by atoms with Gasteiger partial charge in [-0.2, -0.15) is 5.10 Å². The molecule has 1 aliphatic carbocycles. The third kappa shape index (κ3) is 2.93. The minimum Gasteiger partial charge on any atom is -0.361 e. The van der Waals surface area contributed by atoms with Gasteiger partial charge in [0.1, 0.15) is 5.76 Å². The third-order valence-electron chi connectivity index (χ3n) is 5.29. The van der Waals surface area contributed by atoms with Gasteiger partial charge in [-0.15, -0.1) is 0 Å². The maximum Gasteiger partial charge on any atom is 0.138 e. The summed E-state index contributed by atoms with van der Waals surface area (Å²) in [5.41, 5.74) is 6.41. The molecule has 0 atom stereocenters. The molecule has 0 radical (unpaired) electrons. The van der Waals surface area contributed by atoms with Gasteiger partial charge in [0.05, 0.1) is 11.4 Å². The van der Waals surface area contributed by atoms with E-state index in [2.05, 4.69) is 25.2 Å². The van der Waals surface area contributed by atoms with Crippen molar-refractivity contribution in [2.45, 2.75) is 46.2 Å². The SMILES string of the molecule is Cc1noc(C)c1CN1CCN(Cc2n[nH]c3c2CCC3)CC1. The standard InChI is InChI=1S/C17H25N5O/c1-12-15(13(2)23-20-12)10-21-6-8-22(9-7-21)11-17-14-4-3-5-16(14)18-19-17/h3-11H2,1-2H3,(H,18,19). The Balaban J connectivity index is 1.32. The lowest BCUT2D eigenvalue weighted by Gasteiger charge is -2.34. The molecule has 0 unspecified atom stereocenters. The smallest absolute Gasteiger partial charge is 0.138 e. The van der Waals surface area contributed by atoms with E-state index in [0.717, 1.165) is 50.7 Å². The molecule has 0 bridgehead atoms. The Kier molecular flexibility index (Phi) is 3.95. The molecule has 1 fully saturated rings. The van der Waals surface area contributed by atoms with Gasteiger partial charge >= 0.3 is 0 Å². The van der Waals surface area contributed by atoms with E-state index >= 15 is 0 Å². The summed E-state index contributed by atoms with van der Waals surface area (Å²) in [7, 11) is 0. The van der Waals surface area contributed by atoms with Crippen LogP contribution in [0.2, 0.25) is 0 Å². The fourth-order valence-corrected chi connectivity index (χ4v) is 3.79. The summed E-state index contributed by atoms with van der Waals surface area (Å²) in [5, 5.41) is 11.8. The molecule has 1 saturated heterocycles. The molecular formula is C17H25N5O. The molecule has 0 aromatic carbocycles. The van der Waals surface area contributed by atoms with Crippen molar-refractivity contribution in [1.82, 2.24) is 25.2 Å². The summed E-state index contributed by atoms with van der Waals surface area (Å²) in [6.07, 6.45) is 3.66. The Morgan fingerprint density at radius 2 is 1.78 bits per heavy atom. The highest BCUT2D eigenvalue weighted by Crippen LogP contribution is 2.24. The number of piperazine rings is 1. The first-order valence-electron chi connectivity index (χ1n) is 8.62. The lowest BCUT2D eigenvalue weighted by Crippen LogP contribution is -2.45. The Morgan fingerprint density at radius 1 is 1.04 bits per heavy atom. The monoisotopic (exact) mass is 315 g/mol. The average molecular weight is 315 g/mol. The number of aromatic amines is 1. The molecule has 6 nitrogen and oxygen atoms in total. The number of nitrogens with one attached hydrogen (secondary N) is 1. The van der Waals surface area contributed by atoms with E-state index in [4.69, 9.17) is 4.52 Å². The topological polar surface area (TPSA) is 61.2 Å². The van der Waals surface area contributed by atoms with Crippen molar-refractivity contribution in [1.29, 1.82) is 0 Å². The molecule has 6 heteroatoms. The van der Waals surface area contributed by atoms with Crippen molar-refractivity contribution < 1.29 is 4.52 Å². The maximum absolute atomic E-state index is 5.27. The largest absolute Gasteiger partial charge is 0.361 e. The molecule has 23 heavy (non-hydrogen) atoms. The second-order valence-corrected chi connectivity index (χ2v) is 6.84. The second-order valence-electron chi connectivity index (χ2n) is 6.84. The molecule has 2 aliphatic rings. The van der Waals surface area contributed by atoms with E-state index in [1.807, 2.05) is 13.8 Å². The van der Waals surface area contributed by atoms with Gasteiger partial charge in [-0.1, -0.05) is 5.16 Å². The summed E-state index contributed by atoms with van der Waals surface area (Å²) in [4.78, 5) is 5.02. The first-order chi connectivity index (χ1) is 11.2. The lowest BCUT2D eigenvalue weighted by atomic mass is 10.1. The number of H-pyrrole nitrogens is 1. The molecule has 0 saturated carbocycles. The lowest BCUT2D eigenvalue weighted by molar-refractivity contribution is 0.120. The first kappa shape index (κ1) is 14.9. The molecule has 2 aromatic rings. The highest BCUT2D eigenvalue weighted by molar-refractivity contribution is 5.29. The first-order valence-corrected chi connectivity index (χ1v) is 8.62. The fourth-order valence-electron chi connectivity index (χ4n) is 3.79. The molecule has 4 rings (SSSR count). The van der Waals surface area contributed by atoms with Crippen LogP contribution in [-0.4, -0.2) is 51.3 Å². The van der Waals surface area contributed by atoms with E-state index in [9.17, 15) is 0 Å². The zero-order valence-corrected chi connectivity index (χ0v) is 14.1. The summed E-state index contributed by atoms with van der Waals surface area (Å²) < 4.78 is 5.27. The van der Waals surface area contributed by atoms with E-state index in [0.29, 0.717) is 0 Å². The number of aromatic nitrogens is 3. The van der Waals surface area contributed by atoms with E-state index in [1.165, 1.54) is 41.8 Å². The highest BCUT2D eigenvalue weighted by Gasteiger charge is 2.23. The number of aryl methyl sites for hydroxylation is 3. The molecular weight excluding hydrogens is 290 g/mol. The van der Waals surface area contributed by atoms with Crippen molar-refractivity contribution >= 4 is 0 Å². The second kappa shape index (κ2) is 6.09. The molecule has 3 heterocycles. The molecule has 0 spiro atoms. The number of fused-ring (bicyclic) bond motifs is 1. The summed E-state index contributed by atoms with van der Waals surface area (Å²) >= 11 is 0. The van der Waals surface area contributed by atoms with Crippen molar-refractivity contribution in [2.75, 3.05) is 26.2 Å². The third-order valence-corrected chi connectivity index (χ3v) is 5.29. The van der Waals surface area contributed by atoms with Crippen molar-refractivity contribution in [2.24, 2.45) is 0 Å². The van der Waals surface area contributed by atoms with Crippen LogP contribution in [0, 0.1) is 13.8 Å². The molecule has 1 aliphatic heterocycles. The Hall–Kier alpha value is -1.66. The van der Waals surface area contributed by atoms with E-state index in [-0.39, 0.29) is 0 Å². The summed E-state index contributed by atoms with van der Waals surface area (Å²) in [5.74, 6) is 0.956. The van der Waals surface area contributed by atoms with Crippen LogP contribution in [-0.2, 0) is 25.9 Å². The zero-order chi connectivity index (χ0) is 15.8. The van der Waals surface area contributed by atoms with Crippen LogP contribution in [0.3, 0.4) is 0 Å². The number of hydrogen-bond donors (Lipinski definition) is 1. The zero-order valence-electron chi connectivity index (χ0n) is 14.1. The fraction of sp³-hybridized carbons (Fsp3) is 0.647. The van der Waals surface area contributed by atoms with Crippen molar-refractivity contribution in [3.63, 3.8) is 0 Å².